The summed E-state index contributed by atoms with van der Waals surface area (Å²) in [4.78, 5) is 32.8. The lowest BCUT2D eigenvalue weighted by Gasteiger charge is -2.08. The molecular weight excluding hydrogens is 372 g/mol. The molecule has 3 aromatic rings. The third-order valence-corrected chi connectivity index (χ3v) is 4.66. The largest absolute Gasteiger partial charge is 0.334 e. The minimum Gasteiger partial charge on any atom is -0.334 e. The number of amides is 3. The first kappa shape index (κ1) is 21.4. The molecule has 146 valence electrons. The fraction of sp³-hybridized carbons (Fsp3) is 0.238. The van der Waals surface area contributed by atoms with E-state index in [-0.39, 0.29) is 11.7 Å². The Morgan fingerprint density at radius 1 is 0.929 bits per heavy atom. The summed E-state index contributed by atoms with van der Waals surface area (Å²) < 4.78 is 0. The van der Waals surface area contributed by atoms with Crippen molar-refractivity contribution in [1.82, 2.24) is 20.6 Å². The normalized spacial score (nSPS) is 9.96. The van der Waals surface area contributed by atoms with E-state index in [9.17, 15) is 9.59 Å². The molecule has 3 amide bonds. The van der Waals surface area contributed by atoms with Crippen LogP contribution in [0.3, 0.4) is 0 Å². The highest BCUT2D eigenvalue weighted by Gasteiger charge is 2.11. The van der Waals surface area contributed by atoms with E-state index >= 15 is 0 Å². The summed E-state index contributed by atoms with van der Waals surface area (Å²) in [7, 11) is 0. The molecule has 1 heterocycles. The summed E-state index contributed by atoms with van der Waals surface area (Å²) in [6.45, 7) is 6.22. The van der Waals surface area contributed by atoms with Crippen molar-refractivity contribution in [3.63, 3.8) is 0 Å². The lowest BCUT2D eigenvalue weighted by molar-refractivity contribution is -0.117. The number of carbonyl (C=O) groups is 2. The molecule has 2 N–H and O–H groups in total. The standard InChI is InChI=1S/C19H18N4O2S.C2H6/c1-13-18(22-16-10-6-5-9-15(16)21-13)26-12-17(24)23-19(25)20-11-14-7-3-2-4-8-14;1-2/h2-10H,11-12H2,1H3,(H2,20,23,24,25);1-2H3. The van der Waals surface area contributed by atoms with Gasteiger partial charge in [-0.05, 0) is 24.6 Å². The van der Waals surface area contributed by atoms with E-state index < -0.39 is 6.03 Å². The zero-order chi connectivity index (χ0) is 20.4. The predicted octanol–water partition coefficient (Wildman–Crippen LogP) is 4.08. The lowest BCUT2D eigenvalue weighted by atomic mass is 10.2. The second-order valence-electron chi connectivity index (χ2n) is 5.61. The van der Waals surface area contributed by atoms with Crippen LogP contribution in [-0.4, -0.2) is 27.7 Å². The summed E-state index contributed by atoms with van der Waals surface area (Å²) in [5.74, 6) is -0.290. The van der Waals surface area contributed by atoms with Gasteiger partial charge in [0.25, 0.3) is 0 Å². The number of aryl methyl sites for hydroxylation is 1. The summed E-state index contributed by atoms with van der Waals surface area (Å²) in [5.41, 5.74) is 3.32. The highest BCUT2D eigenvalue weighted by atomic mass is 32.2. The monoisotopic (exact) mass is 396 g/mol. The average Bonchev–Trinajstić information content (AvgIpc) is 2.73. The van der Waals surface area contributed by atoms with Gasteiger partial charge in [-0.25, -0.2) is 14.8 Å². The van der Waals surface area contributed by atoms with Gasteiger partial charge in [0.05, 0.1) is 22.5 Å². The number of nitrogens with zero attached hydrogens (tertiary/aromatic N) is 2. The Morgan fingerprint density at radius 3 is 2.21 bits per heavy atom. The first-order valence-electron chi connectivity index (χ1n) is 9.09. The van der Waals surface area contributed by atoms with Crippen molar-refractivity contribution >= 4 is 34.7 Å². The van der Waals surface area contributed by atoms with Gasteiger partial charge in [0.15, 0.2) is 0 Å². The first-order valence-corrected chi connectivity index (χ1v) is 10.1. The molecule has 0 aliphatic rings. The number of hydrogen-bond acceptors (Lipinski definition) is 5. The highest BCUT2D eigenvalue weighted by molar-refractivity contribution is 7.99. The average molecular weight is 397 g/mol. The van der Waals surface area contributed by atoms with Gasteiger partial charge in [-0.3, -0.25) is 10.1 Å². The molecule has 2 aromatic carbocycles. The summed E-state index contributed by atoms with van der Waals surface area (Å²) in [6.07, 6.45) is 0. The molecule has 7 heteroatoms. The van der Waals surface area contributed by atoms with E-state index in [1.54, 1.807) is 0 Å². The third-order valence-electron chi connectivity index (χ3n) is 3.59. The topological polar surface area (TPSA) is 84.0 Å². The Kier molecular flexibility index (Phi) is 8.42. The number of hydrogen-bond donors (Lipinski definition) is 2. The first-order chi connectivity index (χ1) is 13.6. The van der Waals surface area contributed by atoms with E-state index in [4.69, 9.17) is 0 Å². The van der Waals surface area contributed by atoms with Crippen molar-refractivity contribution < 1.29 is 9.59 Å². The fourth-order valence-electron chi connectivity index (χ4n) is 2.33. The molecule has 0 saturated carbocycles. The van der Waals surface area contributed by atoms with E-state index in [0.29, 0.717) is 11.6 Å². The van der Waals surface area contributed by atoms with E-state index in [1.165, 1.54) is 11.8 Å². The number of fused-ring (bicyclic) bond motifs is 1. The lowest BCUT2D eigenvalue weighted by Crippen LogP contribution is -2.39. The number of para-hydroxylation sites is 2. The van der Waals surface area contributed by atoms with Crippen molar-refractivity contribution in [3.05, 3.63) is 65.9 Å². The van der Waals surface area contributed by atoms with Crippen LogP contribution in [0.2, 0.25) is 0 Å². The van der Waals surface area contributed by atoms with Crippen LogP contribution >= 0.6 is 11.8 Å². The minimum atomic E-state index is -0.513. The molecule has 0 bridgehead atoms. The molecule has 0 spiro atoms. The van der Waals surface area contributed by atoms with Crippen LogP contribution in [0.1, 0.15) is 25.1 Å². The van der Waals surface area contributed by atoms with Crippen molar-refractivity contribution in [3.8, 4) is 0 Å². The highest BCUT2D eigenvalue weighted by Crippen LogP contribution is 2.21. The van der Waals surface area contributed by atoms with Crippen molar-refractivity contribution in [1.29, 1.82) is 0 Å². The maximum absolute atomic E-state index is 12.0. The second-order valence-corrected chi connectivity index (χ2v) is 6.57. The molecule has 3 rings (SSSR count). The van der Waals surface area contributed by atoms with Crippen LogP contribution < -0.4 is 10.6 Å². The van der Waals surface area contributed by atoms with Crippen molar-refractivity contribution in [2.45, 2.75) is 32.3 Å². The number of aromatic nitrogens is 2. The van der Waals surface area contributed by atoms with Gasteiger partial charge in [0.1, 0.15) is 5.03 Å². The van der Waals surface area contributed by atoms with Gasteiger partial charge < -0.3 is 5.32 Å². The number of benzene rings is 2. The number of imide groups is 1. The van der Waals surface area contributed by atoms with Gasteiger partial charge in [0, 0.05) is 6.54 Å². The molecule has 0 saturated heterocycles. The summed E-state index contributed by atoms with van der Waals surface area (Å²) in [5, 5.41) is 5.66. The molecule has 0 fully saturated rings. The van der Waals surface area contributed by atoms with E-state index in [0.717, 1.165) is 22.3 Å². The number of nitrogens with one attached hydrogen (secondary N) is 2. The van der Waals surface area contributed by atoms with Crippen molar-refractivity contribution in [2.75, 3.05) is 5.75 Å². The molecule has 0 aliphatic heterocycles. The van der Waals surface area contributed by atoms with E-state index in [2.05, 4.69) is 20.6 Å². The molecule has 28 heavy (non-hydrogen) atoms. The van der Waals surface area contributed by atoms with Crippen LogP contribution in [0.4, 0.5) is 4.79 Å². The minimum absolute atomic E-state index is 0.0899. The van der Waals surface area contributed by atoms with Gasteiger partial charge in [-0.15, -0.1) is 0 Å². The molecule has 1 aromatic heterocycles. The molecule has 6 nitrogen and oxygen atoms in total. The Hall–Kier alpha value is -2.93. The second kappa shape index (κ2) is 11.0. The number of thioether (sulfide) groups is 1. The van der Waals surface area contributed by atoms with Gasteiger partial charge in [-0.2, -0.15) is 0 Å². The van der Waals surface area contributed by atoms with Crippen LogP contribution in [0.15, 0.2) is 59.6 Å². The molecular formula is C21H24N4O2S. The maximum Gasteiger partial charge on any atom is 0.321 e. The van der Waals surface area contributed by atoms with Crippen molar-refractivity contribution in [2.24, 2.45) is 0 Å². The van der Waals surface area contributed by atoms with Crippen LogP contribution in [0.5, 0.6) is 0 Å². The quantitative estimate of drug-likeness (QED) is 0.635. The van der Waals surface area contributed by atoms with E-state index in [1.807, 2.05) is 75.4 Å². The summed E-state index contributed by atoms with van der Waals surface area (Å²) in [6, 6.07) is 16.6. The predicted molar refractivity (Wildman–Crippen MR) is 113 cm³/mol. The van der Waals surface area contributed by atoms with Crippen LogP contribution in [0.25, 0.3) is 11.0 Å². The smallest absolute Gasteiger partial charge is 0.321 e. The molecule has 0 unspecified atom stereocenters. The van der Waals surface area contributed by atoms with Crippen LogP contribution in [-0.2, 0) is 11.3 Å². The Morgan fingerprint density at radius 2 is 1.54 bits per heavy atom. The maximum atomic E-state index is 12.0. The Bertz CT molecular complexity index is 932. The SMILES string of the molecule is CC.Cc1nc2ccccc2nc1SCC(=O)NC(=O)NCc1ccccc1. The molecule has 0 aliphatic carbocycles. The number of carbonyl (C=O) groups excluding carboxylic acids is 2. The van der Waals surface area contributed by atoms with Gasteiger partial charge in [-0.1, -0.05) is 68.1 Å². The molecule has 0 atom stereocenters. The Labute approximate surface area is 169 Å². The van der Waals surface area contributed by atoms with Gasteiger partial charge in [0.2, 0.25) is 5.91 Å². The van der Waals surface area contributed by atoms with Gasteiger partial charge >= 0.3 is 6.03 Å². The van der Waals surface area contributed by atoms with Crippen LogP contribution in [0, 0.1) is 6.92 Å². The fourth-order valence-corrected chi connectivity index (χ4v) is 3.09. The Balaban J connectivity index is 0.00000136. The number of rotatable bonds is 5. The molecule has 0 radical (unpaired) electrons. The zero-order valence-electron chi connectivity index (χ0n) is 16.2. The number of urea groups is 1. The summed E-state index contributed by atoms with van der Waals surface area (Å²) >= 11 is 1.26. The zero-order valence-corrected chi connectivity index (χ0v) is 17.0. The third kappa shape index (κ3) is 6.35.